The number of carbonyl (C=O) groups excluding carboxylic acids is 1. The molecule has 0 radical (unpaired) electrons. The maximum absolute atomic E-state index is 15.2. The van der Waals surface area contributed by atoms with Crippen LogP contribution in [0.1, 0.15) is 28.5 Å². The van der Waals surface area contributed by atoms with Crippen LogP contribution < -0.4 is 29.8 Å². The van der Waals surface area contributed by atoms with Crippen LogP contribution in [-0.4, -0.2) is 46.3 Å². The zero-order chi connectivity index (χ0) is 33.2. The van der Waals surface area contributed by atoms with E-state index in [1.54, 1.807) is 13.0 Å². The minimum absolute atomic E-state index is 0.0938. The number of rotatable bonds is 9. The van der Waals surface area contributed by atoms with Crippen LogP contribution in [0.15, 0.2) is 65.7 Å². The number of halogens is 4. The Kier molecular flexibility index (Phi) is 8.76. The smallest absolute Gasteiger partial charge is 0.431 e. The van der Waals surface area contributed by atoms with Crippen molar-refractivity contribution in [1.29, 1.82) is 0 Å². The van der Waals surface area contributed by atoms with Crippen LogP contribution in [0.4, 0.5) is 23.2 Å². The second kappa shape index (κ2) is 12.7. The number of amides is 1. The number of pyridine rings is 4. The van der Waals surface area contributed by atoms with Crippen LogP contribution >= 0.6 is 0 Å². The zero-order valence-corrected chi connectivity index (χ0v) is 24.7. The molecule has 0 aliphatic rings. The molecule has 4 heterocycles. The predicted octanol–water partition coefficient (Wildman–Crippen LogP) is 6.10. The molecule has 238 valence electrons. The van der Waals surface area contributed by atoms with Gasteiger partial charge >= 0.3 is 6.18 Å². The molecule has 1 amide bonds. The number of nitrogens with one attached hydrogen (secondary N) is 1. The van der Waals surface area contributed by atoms with Crippen molar-refractivity contribution in [3.63, 3.8) is 0 Å². The van der Waals surface area contributed by atoms with Gasteiger partial charge < -0.3 is 24.3 Å². The third kappa shape index (κ3) is 6.24. The average Bonchev–Trinajstić information content (AvgIpc) is 3.01. The van der Waals surface area contributed by atoms with E-state index in [0.717, 1.165) is 18.3 Å². The van der Waals surface area contributed by atoms with Gasteiger partial charge in [-0.2, -0.15) is 13.2 Å². The van der Waals surface area contributed by atoms with E-state index in [1.807, 2.05) is 0 Å². The number of fused-ring (bicyclic) bond motifs is 1. The van der Waals surface area contributed by atoms with Gasteiger partial charge in [-0.15, -0.1) is 0 Å². The summed E-state index contributed by atoms with van der Waals surface area (Å²) in [7, 11) is 2.84. The maximum atomic E-state index is 15.2. The second-order valence-corrected chi connectivity index (χ2v) is 9.59. The Morgan fingerprint density at radius 2 is 1.76 bits per heavy atom. The summed E-state index contributed by atoms with van der Waals surface area (Å²) in [5.41, 5.74) is -2.60. The molecule has 5 aromatic rings. The van der Waals surface area contributed by atoms with Crippen LogP contribution in [0.2, 0.25) is 0 Å². The third-order valence-electron chi connectivity index (χ3n) is 6.64. The summed E-state index contributed by atoms with van der Waals surface area (Å²) in [6.45, 7) is 3.45. The fraction of sp³-hybridized carbons (Fsp3) is 0.194. The molecule has 0 aliphatic heterocycles. The Hall–Kier alpha value is -5.73. The van der Waals surface area contributed by atoms with Crippen LogP contribution in [0, 0.1) is 12.7 Å². The minimum atomic E-state index is -4.94. The van der Waals surface area contributed by atoms with Crippen molar-refractivity contribution in [2.45, 2.75) is 20.0 Å². The lowest BCUT2D eigenvalue weighted by Gasteiger charge is -2.18. The molecule has 15 heteroatoms. The van der Waals surface area contributed by atoms with Crippen molar-refractivity contribution in [3.8, 4) is 34.7 Å². The van der Waals surface area contributed by atoms with Crippen molar-refractivity contribution in [1.82, 2.24) is 19.5 Å². The highest BCUT2D eigenvalue weighted by atomic mass is 19.4. The lowest BCUT2D eigenvalue weighted by atomic mass is 10.1. The van der Waals surface area contributed by atoms with Crippen molar-refractivity contribution in [3.05, 3.63) is 93.9 Å². The molecule has 11 nitrogen and oxygen atoms in total. The molecule has 0 atom stereocenters. The standard InChI is InChI=1S/C31H25F4N5O6/c1-5-45-26-12-16(2)21(15-37-26)40-25(31(33,34)35)9-7-18(30(40)42)28(41)38-17-6-8-22(19(32)13-17)46-23-10-11-36-20-14-24(43-3)29(44-4)39-27(20)23/h6-15H,5H2,1-4H3,(H,38,41). The topological polar surface area (TPSA) is 127 Å². The van der Waals surface area contributed by atoms with Crippen molar-refractivity contribution in [2.24, 2.45) is 0 Å². The number of anilines is 1. The van der Waals surface area contributed by atoms with Gasteiger partial charge in [0.15, 0.2) is 23.1 Å². The van der Waals surface area contributed by atoms with Crippen LogP contribution in [-0.2, 0) is 6.18 Å². The van der Waals surface area contributed by atoms with Crippen molar-refractivity contribution in [2.75, 3.05) is 26.1 Å². The van der Waals surface area contributed by atoms with Crippen molar-refractivity contribution >= 4 is 22.6 Å². The SMILES string of the molecule is CCOc1cc(C)c(-n2c(C(F)(F)F)ccc(C(=O)Nc3ccc(Oc4ccnc5cc(OC)c(OC)nc45)c(F)c3)c2=O)cn1. The van der Waals surface area contributed by atoms with Gasteiger partial charge in [0.2, 0.25) is 5.88 Å². The van der Waals surface area contributed by atoms with E-state index in [1.165, 1.54) is 51.6 Å². The van der Waals surface area contributed by atoms with Crippen LogP contribution in [0.5, 0.6) is 29.0 Å². The third-order valence-corrected chi connectivity index (χ3v) is 6.64. The first-order chi connectivity index (χ1) is 21.9. The molecule has 5 rings (SSSR count). The first-order valence-electron chi connectivity index (χ1n) is 13.5. The summed E-state index contributed by atoms with van der Waals surface area (Å²) in [6, 6.07) is 9.23. The normalized spacial score (nSPS) is 11.3. The average molecular weight is 640 g/mol. The number of carbonyl (C=O) groups is 1. The lowest BCUT2D eigenvalue weighted by Crippen LogP contribution is -2.33. The van der Waals surface area contributed by atoms with Gasteiger partial charge in [0.25, 0.3) is 17.3 Å². The van der Waals surface area contributed by atoms with Gasteiger partial charge in [-0.05, 0) is 43.7 Å². The fourth-order valence-electron chi connectivity index (χ4n) is 4.52. The molecule has 1 aromatic carbocycles. The summed E-state index contributed by atoms with van der Waals surface area (Å²) in [6.07, 6.45) is -2.45. The van der Waals surface area contributed by atoms with E-state index in [9.17, 15) is 22.8 Å². The quantitative estimate of drug-likeness (QED) is 0.190. The molecule has 0 aliphatic carbocycles. The maximum Gasteiger partial charge on any atom is 0.431 e. The van der Waals surface area contributed by atoms with Crippen molar-refractivity contribution < 1.29 is 41.3 Å². The predicted molar refractivity (Wildman–Crippen MR) is 158 cm³/mol. The van der Waals surface area contributed by atoms with E-state index in [2.05, 4.69) is 20.3 Å². The van der Waals surface area contributed by atoms with E-state index in [0.29, 0.717) is 21.9 Å². The molecular weight excluding hydrogens is 614 g/mol. The number of nitrogens with zero attached hydrogens (tertiary/aromatic N) is 4. The van der Waals surface area contributed by atoms with Gasteiger partial charge in [0.1, 0.15) is 16.8 Å². The second-order valence-electron chi connectivity index (χ2n) is 9.59. The highest BCUT2D eigenvalue weighted by molar-refractivity contribution is 6.04. The molecular formula is C31H25F4N5O6. The highest BCUT2D eigenvalue weighted by Crippen LogP contribution is 2.35. The lowest BCUT2D eigenvalue weighted by molar-refractivity contribution is -0.142. The largest absolute Gasteiger partial charge is 0.491 e. The number of hydrogen-bond donors (Lipinski definition) is 1. The molecule has 0 fully saturated rings. The summed E-state index contributed by atoms with van der Waals surface area (Å²) in [5, 5.41) is 2.35. The molecule has 0 saturated carbocycles. The molecule has 0 spiro atoms. The monoisotopic (exact) mass is 639 g/mol. The number of alkyl halides is 3. The zero-order valence-electron chi connectivity index (χ0n) is 24.7. The summed E-state index contributed by atoms with van der Waals surface area (Å²) in [5.74, 6) is -1.42. The Bertz CT molecular complexity index is 2020. The van der Waals surface area contributed by atoms with Gasteiger partial charge in [-0.1, -0.05) is 0 Å². The van der Waals surface area contributed by atoms with Gasteiger partial charge in [-0.25, -0.2) is 14.4 Å². The number of methoxy groups -OCH3 is 2. The van der Waals surface area contributed by atoms with Gasteiger partial charge in [0, 0.05) is 36.1 Å². The van der Waals surface area contributed by atoms with E-state index < -0.39 is 34.7 Å². The number of hydrogen-bond acceptors (Lipinski definition) is 9. The molecule has 46 heavy (non-hydrogen) atoms. The van der Waals surface area contributed by atoms with E-state index in [4.69, 9.17) is 18.9 Å². The minimum Gasteiger partial charge on any atom is -0.491 e. The number of ether oxygens (including phenoxy) is 4. The van der Waals surface area contributed by atoms with Crippen LogP contribution in [0.3, 0.4) is 0 Å². The molecule has 1 N–H and O–H groups in total. The Balaban J connectivity index is 1.44. The molecule has 0 bridgehead atoms. The van der Waals surface area contributed by atoms with Gasteiger partial charge in [-0.3, -0.25) is 19.1 Å². The highest BCUT2D eigenvalue weighted by Gasteiger charge is 2.36. The summed E-state index contributed by atoms with van der Waals surface area (Å²) < 4.78 is 78.8. The molecule has 0 saturated heterocycles. The first kappa shape index (κ1) is 31.7. The fourth-order valence-corrected chi connectivity index (χ4v) is 4.52. The Morgan fingerprint density at radius 1 is 0.978 bits per heavy atom. The summed E-state index contributed by atoms with van der Waals surface area (Å²) >= 11 is 0. The van der Waals surface area contributed by atoms with E-state index >= 15 is 4.39 Å². The Morgan fingerprint density at radius 3 is 2.41 bits per heavy atom. The van der Waals surface area contributed by atoms with Gasteiger partial charge in [0.05, 0.1) is 38.2 Å². The number of aromatic nitrogens is 4. The first-order valence-corrected chi connectivity index (χ1v) is 13.5. The molecule has 0 unspecified atom stereocenters. The number of aryl methyl sites for hydroxylation is 1. The van der Waals surface area contributed by atoms with Crippen LogP contribution in [0.25, 0.3) is 16.7 Å². The molecule has 4 aromatic heterocycles. The van der Waals surface area contributed by atoms with E-state index in [-0.39, 0.29) is 52.3 Å². The number of benzene rings is 1. The summed E-state index contributed by atoms with van der Waals surface area (Å²) in [4.78, 5) is 39.0. The Labute approximate surface area is 258 Å².